The Morgan fingerprint density at radius 2 is 1.93 bits per heavy atom. The van der Waals surface area contributed by atoms with Gasteiger partial charge in [-0.15, -0.1) is 0 Å². The highest BCUT2D eigenvalue weighted by atomic mass is 16.6. The summed E-state index contributed by atoms with van der Waals surface area (Å²) in [7, 11) is 0. The van der Waals surface area contributed by atoms with E-state index in [0.29, 0.717) is 35.5 Å². The molecule has 0 bridgehead atoms. The van der Waals surface area contributed by atoms with Crippen LogP contribution in [0.15, 0.2) is 57.9 Å². The summed E-state index contributed by atoms with van der Waals surface area (Å²) in [6.45, 7) is 2.64. The molecule has 0 spiro atoms. The molecule has 1 fully saturated rings. The van der Waals surface area contributed by atoms with E-state index in [0.717, 1.165) is 12.8 Å². The summed E-state index contributed by atoms with van der Waals surface area (Å²) in [5.41, 5.74) is 1.21. The molecule has 4 rings (SSSR count). The predicted octanol–water partition coefficient (Wildman–Crippen LogP) is 4.23. The van der Waals surface area contributed by atoms with Gasteiger partial charge in [0.2, 0.25) is 11.2 Å². The van der Waals surface area contributed by atoms with Crippen molar-refractivity contribution in [2.24, 2.45) is 0 Å². The van der Waals surface area contributed by atoms with Crippen LogP contribution in [0.3, 0.4) is 0 Å². The van der Waals surface area contributed by atoms with Crippen molar-refractivity contribution in [1.29, 1.82) is 0 Å². The van der Waals surface area contributed by atoms with E-state index in [1.54, 1.807) is 12.1 Å². The number of aryl methyl sites for hydroxylation is 1. The highest BCUT2D eigenvalue weighted by Gasteiger charge is 2.25. The molecule has 0 radical (unpaired) electrons. The molecule has 6 nitrogen and oxygen atoms in total. The zero-order chi connectivity index (χ0) is 19.5. The molecule has 6 heteroatoms. The first-order valence-corrected chi connectivity index (χ1v) is 9.29. The molecule has 0 saturated carbocycles. The molecule has 1 aliphatic rings. The highest BCUT2D eigenvalue weighted by molar-refractivity contribution is 5.82. The first-order chi connectivity index (χ1) is 13.6. The Bertz CT molecular complexity index is 1040. The van der Waals surface area contributed by atoms with Crippen molar-refractivity contribution in [2.75, 3.05) is 6.61 Å². The second-order valence-corrected chi connectivity index (χ2v) is 6.61. The molecular formula is C22H20O6. The van der Waals surface area contributed by atoms with Crippen LogP contribution in [0.25, 0.3) is 11.0 Å². The second kappa shape index (κ2) is 7.86. The fraction of sp³-hybridized carbons (Fsp3) is 0.273. The van der Waals surface area contributed by atoms with Gasteiger partial charge in [-0.1, -0.05) is 19.1 Å². The van der Waals surface area contributed by atoms with Crippen molar-refractivity contribution in [3.05, 3.63) is 64.5 Å². The van der Waals surface area contributed by atoms with Crippen molar-refractivity contribution in [1.82, 2.24) is 0 Å². The maximum absolute atomic E-state index is 12.7. The SMILES string of the molecule is CCc1ccc(Oc2coc3cc(OC(=O)[C@H]4CCCO4)ccc3c2=O)cc1. The Balaban J connectivity index is 1.55. The molecule has 1 atom stereocenters. The lowest BCUT2D eigenvalue weighted by molar-refractivity contribution is -0.144. The number of carbonyl (C=O) groups excluding carboxylic acids is 1. The molecular weight excluding hydrogens is 360 g/mol. The van der Waals surface area contributed by atoms with Gasteiger partial charge in [-0.25, -0.2) is 4.79 Å². The van der Waals surface area contributed by atoms with E-state index in [-0.39, 0.29) is 11.2 Å². The van der Waals surface area contributed by atoms with E-state index in [1.165, 1.54) is 17.9 Å². The van der Waals surface area contributed by atoms with Gasteiger partial charge in [-0.05, 0) is 49.1 Å². The monoisotopic (exact) mass is 380 g/mol. The smallest absolute Gasteiger partial charge is 0.340 e. The molecule has 0 unspecified atom stereocenters. The predicted molar refractivity (Wildman–Crippen MR) is 103 cm³/mol. The van der Waals surface area contributed by atoms with Crippen LogP contribution in [-0.4, -0.2) is 18.7 Å². The topological polar surface area (TPSA) is 75.0 Å². The largest absolute Gasteiger partial charge is 0.460 e. The summed E-state index contributed by atoms with van der Waals surface area (Å²) in [6, 6.07) is 12.2. The summed E-state index contributed by atoms with van der Waals surface area (Å²) in [4.78, 5) is 24.7. The van der Waals surface area contributed by atoms with Crippen LogP contribution in [0.4, 0.5) is 0 Å². The molecule has 0 N–H and O–H groups in total. The fourth-order valence-corrected chi connectivity index (χ4v) is 3.09. The van der Waals surface area contributed by atoms with Crippen LogP contribution in [0.1, 0.15) is 25.3 Å². The highest BCUT2D eigenvalue weighted by Crippen LogP contribution is 2.25. The molecule has 144 valence electrons. The Morgan fingerprint density at radius 1 is 1.14 bits per heavy atom. The minimum atomic E-state index is -0.530. The lowest BCUT2D eigenvalue weighted by Gasteiger charge is -2.10. The molecule has 0 amide bonds. The van der Waals surface area contributed by atoms with Crippen LogP contribution in [0, 0.1) is 0 Å². The summed E-state index contributed by atoms with van der Waals surface area (Å²) in [5.74, 6) is 0.529. The third kappa shape index (κ3) is 3.77. The molecule has 1 aromatic heterocycles. The average Bonchev–Trinajstić information content (AvgIpc) is 3.26. The van der Waals surface area contributed by atoms with Crippen molar-refractivity contribution >= 4 is 16.9 Å². The minimum Gasteiger partial charge on any atom is -0.460 e. The number of fused-ring (bicyclic) bond motifs is 1. The molecule has 2 heterocycles. The first kappa shape index (κ1) is 18.3. The molecule has 2 aromatic carbocycles. The summed E-state index contributed by atoms with van der Waals surface area (Å²) in [5, 5.41) is 0.347. The van der Waals surface area contributed by atoms with Crippen LogP contribution >= 0.6 is 0 Å². The Labute approximate surface area is 161 Å². The number of ether oxygens (including phenoxy) is 3. The standard InChI is InChI=1S/C22H20O6/c1-2-14-5-7-15(8-6-14)27-20-13-26-19-12-16(9-10-17(19)21(20)23)28-22(24)18-4-3-11-25-18/h5-10,12-13,18H,2-4,11H2,1H3/t18-/m1/s1. The van der Waals surface area contributed by atoms with E-state index >= 15 is 0 Å². The van der Waals surface area contributed by atoms with Gasteiger partial charge in [0.25, 0.3) is 0 Å². The van der Waals surface area contributed by atoms with Crippen LogP contribution in [0.2, 0.25) is 0 Å². The van der Waals surface area contributed by atoms with Gasteiger partial charge in [-0.2, -0.15) is 0 Å². The molecule has 1 aliphatic heterocycles. The van der Waals surface area contributed by atoms with Gasteiger partial charge in [0, 0.05) is 12.7 Å². The quantitative estimate of drug-likeness (QED) is 0.487. The van der Waals surface area contributed by atoms with E-state index in [4.69, 9.17) is 18.6 Å². The fourth-order valence-electron chi connectivity index (χ4n) is 3.09. The first-order valence-electron chi connectivity index (χ1n) is 9.29. The van der Waals surface area contributed by atoms with Gasteiger partial charge in [0.1, 0.15) is 23.3 Å². The van der Waals surface area contributed by atoms with Gasteiger partial charge in [0.15, 0.2) is 6.10 Å². The minimum absolute atomic E-state index is 0.0980. The maximum Gasteiger partial charge on any atom is 0.340 e. The van der Waals surface area contributed by atoms with E-state index in [2.05, 4.69) is 6.92 Å². The number of carbonyl (C=O) groups is 1. The van der Waals surface area contributed by atoms with Gasteiger partial charge in [-0.3, -0.25) is 4.79 Å². The van der Waals surface area contributed by atoms with E-state index in [9.17, 15) is 9.59 Å². The van der Waals surface area contributed by atoms with Gasteiger partial charge < -0.3 is 18.6 Å². The number of benzene rings is 2. The maximum atomic E-state index is 12.7. The van der Waals surface area contributed by atoms with Gasteiger partial charge >= 0.3 is 5.97 Å². The normalized spacial score (nSPS) is 16.2. The van der Waals surface area contributed by atoms with Crippen LogP contribution in [0.5, 0.6) is 17.2 Å². The molecule has 3 aromatic rings. The third-order valence-corrected chi connectivity index (χ3v) is 4.68. The number of esters is 1. The third-order valence-electron chi connectivity index (χ3n) is 4.68. The Hall–Kier alpha value is -3.12. The lowest BCUT2D eigenvalue weighted by atomic mass is 10.2. The summed E-state index contributed by atoms with van der Waals surface area (Å²) in [6.07, 6.45) is 3.16. The van der Waals surface area contributed by atoms with E-state index in [1.807, 2.05) is 24.3 Å². The molecule has 28 heavy (non-hydrogen) atoms. The second-order valence-electron chi connectivity index (χ2n) is 6.61. The number of rotatable bonds is 5. The van der Waals surface area contributed by atoms with Crippen LogP contribution < -0.4 is 14.9 Å². The number of hydrogen-bond acceptors (Lipinski definition) is 6. The van der Waals surface area contributed by atoms with Gasteiger partial charge in [0.05, 0.1) is 5.39 Å². The lowest BCUT2D eigenvalue weighted by Crippen LogP contribution is -2.24. The van der Waals surface area contributed by atoms with Crippen LogP contribution in [-0.2, 0) is 16.0 Å². The Kier molecular flexibility index (Phi) is 5.12. The Morgan fingerprint density at radius 3 is 2.64 bits per heavy atom. The zero-order valence-electron chi connectivity index (χ0n) is 15.5. The summed E-state index contributed by atoms with van der Waals surface area (Å²) < 4.78 is 21.9. The van der Waals surface area contributed by atoms with Crippen molar-refractivity contribution in [3.8, 4) is 17.2 Å². The van der Waals surface area contributed by atoms with Crippen molar-refractivity contribution in [2.45, 2.75) is 32.3 Å². The zero-order valence-corrected chi connectivity index (χ0v) is 15.5. The average molecular weight is 380 g/mol. The number of hydrogen-bond donors (Lipinski definition) is 0. The van der Waals surface area contributed by atoms with E-state index < -0.39 is 12.1 Å². The summed E-state index contributed by atoms with van der Waals surface area (Å²) >= 11 is 0. The molecule has 0 aliphatic carbocycles. The van der Waals surface area contributed by atoms with Crippen molar-refractivity contribution in [3.63, 3.8) is 0 Å². The molecule has 1 saturated heterocycles. The van der Waals surface area contributed by atoms with Crippen molar-refractivity contribution < 1.29 is 23.4 Å².